The van der Waals surface area contributed by atoms with E-state index in [2.05, 4.69) is 0 Å². The number of hydrogen-bond acceptors (Lipinski definition) is 3. The van der Waals surface area contributed by atoms with Gasteiger partial charge in [-0.15, -0.1) is 0 Å². The van der Waals surface area contributed by atoms with Crippen molar-refractivity contribution in [2.75, 3.05) is 13.1 Å². The van der Waals surface area contributed by atoms with Crippen LogP contribution in [0.3, 0.4) is 0 Å². The third kappa shape index (κ3) is 1.80. The molecule has 0 spiro atoms. The minimum atomic E-state index is -0.603. The second-order valence-corrected chi connectivity index (χ2v) is 4.50. The minimum Gasteiger partial charge on any atom is -0.391 e. The third-order valence-electron chi connectivity index (χ3n) is 3.40. The van der Waals surface area contributed by atoms with Crippen molar-refractivity contribution < 1.29 is 14.7 Å². The standard InChI is InChI=1S/C11H18N2O3/c1-2-8(14)7-13-10(15)9-5-3-4-6-12(9)11(13)16/h8-9,14H,2-7H2,1H3/t8-,9-/m0/s1. The van der Waals surface area contributed by atoms with Gasteiger partial charge in [-0.25, -0.2) is 4.79 Å². The van der Waals surface area contributed by atoms with Crippen LogP contribution in [0.1, 0.15) is 32.6 Å². The van der Waals surface area contributed by atoms with Gasteiger partial charge < -0.3 is 10.0 Å². The molecule has 2 heterocycles. The van der Waals surface area contributed by atoms with Gasteiger partial charge in [0, 0.05) is 6.54 Å². The molecule has 2 rings (SSSR count). The minimum absolute atomic E-state index is 0.128. The first-order valence-corrected chi connectivity index (χ1v) is 5.95. The summed E-state index contributed by atoms with van der Waals surface area (Å²) in [6.45, 7) is 2.65. The molecule has 5 heteroatoms. The van der Waals surface area contributed by atoms with Gasteiger partial charge in [0.05, 0.1) is 12.6 Å². The predicted molar refractivity (Wildman–Crippen MR) is 57.8 cm³/mol. The highest BCUT2D eigenvalue weighted by Crippen LogP contribution is 2.26. The summed E-state index contributed by atoms with van der Waals surface area (Å²) in [7, 11) is 0. The molecule has 1 N–H and O–H groups in total. The van der Waals surface area contributed by atoms with Crippen molar-refractivity contribution in [1.82, 2.24) is 9.80 Å². The lowest BCUT2D eigenvalue weighted by atomic mass is 10.0. The zero-order valence-electron chi connectivity index (χ0n) is 9.56. The number of fused-ring (bicyclic) bond motifs is 1. The van der Waals surface area contributed by atoms with Crippen LogP contribution in [0.4, 0.5) is 4.79 Å². The quantitative estimate of drug-likeness (QED) is 0.716. The largest absolute Gasteiger partial charge is 0.391 e. The van der Waals surface area contributed by atoms with Gasteiger partial charge in [0.1, 0.15) is 6.04 Å². The molecule has 0 aromatic heterocycles. The summed E-state index contributed by atoms with van der Waals surface area (Å²) in [5.41, 5.74) is 0. The van der Waals surface area contributed by atoms with E-state index in [9.17, 15) is 14.7 Å². The van der Waals surface area contributed by atoms with Crippen molar-refractivity contribution >= 4 is 11.9 Å². The smallest absolute Gasteiger partial charge is 0.327 e. The fourth-order valence-electron chi connectivity index (χ4n) is 2.35. The summed E-state index contributed by atoms with van der Waals surface area (Å²) in [6, 6.07) is -0.479. The third-order valence-corrected chi connectivity index (χ3v) is 3.40. The molecule has 2 aliphatic rings. The van der Waals surface area contributed by atoms with Gasteiger partial charge in [0.25, 0.3) is 5.91 Å². The SMILES string of the molecule is CC[C@H](O)CN1C(=O)[C@@H]2CCCCN2C1=O. The van der Waals surface area contributed by atoms with Crippen LogP contribution in [0.25, 0.3) is 0 Å². The van der Waals surface area contributed by atoms with E-state index in [1.54, 1.807) is 4.90 Å². The molecule has 2 atom stereocenters. The highest BCUT2D eigenvalue weighted by molar-refractivity contribution is 6.04. The van der Waals surface area contributed by atoms with Gasteiger partial charge in [-0.3, -0.25) is 9.69 Å². The number of urea groups is 1. The second-order valence-electron chi connectivity index (χ2n) is 4.50. The molecule has 0 aromatic rings. The number of aliphatic hydroxyl groups is 1. The summed E-state index contributed by atoms with van der Waals surface area (Å²) in [5, 5.41) is 9.52. The van der Waals surface area contributed by atoms with E-state index in [0.29, 0.717) is 13.0 Å². The Morgan fingerprint density at radius 3 is 2.81 bits per heavy atom. The van der Waals surface area contributed by atoms with Crippen molar-refractivity contribution in [2.24, 2.45) is 0 Å². The fourth-order valence-corrected chi connectivity index (χ4v) is 2.35. The van der Waals surface area contributed by atoms with Crippen LogP contribution in [-0.2, 0) is 4.79 Å². The van der Waals surface area contributed by atoms with Crippen LogP contribution >= 0.6 is 0 Å². The molecule has 2 fully saturated rings. The average Bonchev–Trinajstić information content (AvgIpc) is 2.55. The molecule has 16 heavy (non-hydrogen) atoms. The van der Waals surface area contributed by atoms with Crippen LogP contribution in [0.5, 0.6) is 0 Å². The lowest BCUT2D eigenvalue weighted by molar-refractivity contribution is -0.129. The van der Waals surface area contributed by atoms with Gasteiger partial charge in [0.15, 0.2) is 0 Å². The first-order chi connectivity index (χ1) is 7.65. The first kappa shape index (κ1) is 11.4. The highest BCUT2D eigenvalue weighted by Gasteiger charge is 2.45. The molecule has 0 aromatic carbocycles. The Morgan fingerprint density at radius 1 is 1.44 bits per heavy atom. The molecule has 0 radical (unpaired) electrons. The molecular weight excluding hydrogens is 208 g/mol. The molecule has 0 unspecified atom stereocenters. The number of piperidine rings is 1. The Bertz CT molecular complexity index is 282. The average molecular weight is 226 g/mol. The van der Waals surface area contributed by atoms with Crippen molar-refractivity contribution in [2.45, 2.75) is 44.8 Å². The number of hydrogen-bond donors (Lipinski definition) is 1. The Labute approximate surface area is 95.0 Å². The van der Waals surface area contributed by atoms with Crippen LogP contribution in [0, 0.1) is 0 Å². The van der Waals surface area contributed by atoms with Gasteiger partial charge in [-0.1, -0.05) is 6.92 Å². The predicted octanol–water partition coefficient (Wildman–Crippen LogP) is 0.574. The number of β-amino-alcohol motifs (C(OH)–C–C–N with tert-alkyl or cyclic N) is 1. The van der Waals surface area contributed by atoms with Crippen LogP contribution in [0.2, 0.25) is 0 Å². The van der Waals surface area contributed by atoms with Gasteiger partial charge >= 0.3 is 6.03 Å². The first-order valence-electron chi connectivity index (χ1n) is 5.95. The van der Waals surface area contributed by atoms with E-state index in [0.717, 1.165) is 19.3 Å². The van der Waals surface area contributed by atoms with E-state index in [1.165, 1.54) is 4.90 Å². The number of carbonyl (C=O) groups is 2. The summed E-state index contributed by atoms with van der Waals surface area (Å²) in [4.78, 5) is 26.7. The molecular formula is C11H18N2O3. The molecule has 2 saturated heterocycles. The molecule has 0 saturated carbocycles. The summed E-state index contributed by atoms with van der Waals surface area (Å²) < 4.78 is 0. The van der Waals surface area contributed by atoms with Crippen molar-refractivity contribution in [1.29, 1.82) is 0 Å². The number of imide groups is 1. The summed E-state index contributed by atoms with van der Waals surface area (Å²) in [6.07, 6.45) is 2.70. The molecule has 2 aliphatic heterocycles. The van der Waals surface area contributed by atoms with E-state index in [1.807, 2.05) is 6.92 Å². The highest BCUT2D eigenvalue weighted by atomic mass is 16.3. The maximum atomic E-state index is 12.0. The number of carbonyl (C=O) groups excluding carboxylic acids is 2. The lowest BCUT2D eigenvalue weighted by Crippen LogP contribution is -2.39. The molecule has 90 valence electrons. The Morgan fingerprint density at radius 2 is 2.19 bits per heavy atom. The maximum Gasteiger partial charge on any atom is 0.327 e. The Hall–Kier alpha value is -1.10. The van der Waals surface area contributed by atoms with Gasteiger partial charge in [-0.05, 0) is 25.7 Å². The zero-order chi connectivity index (χ0) is 11.7. The van der Waals surface area contributed by atoms with Crippen LogP contribution in [0.15, 0.2) is 0 Å². The van der Waals surface area contributed by atoms with E-state index in [4.69, 9.17) is 0 Å². The maximum absolute atomic E-state index is 12.0. The van der Waals surface area contributed by atoms with Crippen molar-refractivity contribution in [3.63, 3.8) is 0 Å². The van der Waals surface area contributed by atoms with E-state index >= 15 is 0 Å². The number of rotatable bonds is 3. The summed E-state index contributed by atoms with van der Waals surface area (Å²) in [5.74, 6) is -0.128. The van der Waals surface area contributed by atoms with Crippen molar-refractivity contribution in [3.8, 4) is 0 Å². The normalized spacial score (nSPS) is 27.2. The van der Waals surface area contributed by atoms with Crippen LogP contribution in [-0.4, -0.2) is 52.1 Å². The zero-order valence-corrected chi connectivity index (χ0v) is 9.56. The number of amides is 3. The van der Waals surface area contributed by atoms with E-state index < -0.39 is 6.10 Å². The Balaban J connectivity index is 2.09. The summed E-state index contributed by atoms with van der Waals surface area (Å²) >= 11 is 0. The molecule has 3 amide bonds. The van der Waals surface area contributed by atoms with Gasteiger partial charge in [0.2, 0.25) is 0 Å². The van der Waals surface area contributed by atoms with Gasteiger partial charge in [-0.2, -0.15) is 0 Å². The van der Waals surface area contributed by atoms with E-state index in [-0.39, 0.29) is 24.5 Å². The Kier molecular flexibility index (Phi) is 3.14. The van der Waals surface area contributed by atoms with Crippen molar-refractivity contribution in [3.05, 3.63) is 0 Å². The topological polar surface area (TPSA) is 60.9 Å². The number of nitrogens with zero attached hydrogens (tertiary/aromatic N) is 2. The molecule has 5 nitrogen and oxygen atoms in total. The van der Waals surface area contributed by atoms with Crippen LogP contribution < -0.4 is 0 Å². The lowest BCUT2D eigenvalue weighted by Gasteiger charge is -2.26. The second kappa shape index (κ2) is 4.41. The number of aliphatic hydroxyl groups excluding tert-OH is 1. The molecule has 0 bridgehead atoms. The monoisotopic (exact) mass is 226 g/mol. The molecule has 0 aliphatic carbocycles. The fraction of sp³-hybridized carbons (Fsp3) is 0.818.